The summed E-state index contributed by atoms with van der Waals surface area (Å²) in [6.07, 6.45) is 7.51. The summed E-state index contributed by atoms with van der Waals surface area (Å²) in [4.78, 5) is 11.6. The first-order chi connectivity index (χ1) is 5.83. The van der Waals surface area contributed by atoms with Gasteiger partial charge < -0.3 is 4.74 Å². The van der Waals surface area contributed by atoms with Crippen LogP contribution in [0.25, 0.3) is 0 Å². The van der Waals surface area contributed by atoms with Crippen molar-refractivity contribution in [1.29, 1.82) is 0 Å². The predicted molar refractivity (Wildman–Crippen MR) is 46.0 cm³/mol. The topological polar surface area (TPSA) is 26.3 Å². The SMILES string of the molecule is O=C1CCOC12CCCCCC2. The van der Waals surface area contributed by atoms with Crippen LogP contribution in [0.4, 0.5) is 0 Å². The van der Waals surface area contributed by atoms with Crippen LogP contribution >= 0.6 is 0 Å². The van der Waals surface area contributed by atoms with E-state index in [1.54, 1.807) is 0 Å². The summed E-state index contributed by atoms with van der Waals surface area (Å²) >= 11 is 0. The molecule has 0 unspecified atom stereocenters. The quantitative estimate of drug-likeness (QED) is 0.553. The summed E-state index contributed by atoms with van der Waals surface area (Å²) in [6, 6.07) is 0. The smallest absolute Gasteiger partial charge is 0.166 e. The van der Waals surface area contributed by atoms with Gasteiger partial charge in [0.2, 0.25) is 0 Å². The molecule has 0 aromatic heterocycles. The van der Waals surface area contributed by atoms with E-state index >= 15 is 0 Å². The van der Waals surface area contributed by atoms with E-state index in [1.165, 1.54) is 25.7 Å². The molecule has 1 heterocycles. The highest BCUT2D eigenvalue weighted by atomic mass is 16.5. The second-order valence-electron chi connectivity index (χ2n) is 3.93. The molecular formula is C10H16O2. The molecule has 2 fully saturated rings. The zero-order valence-electron chi connectivity index (χ0n) is 7.47. The first-order valence-electron chi connectivity index (χ1n) is 5.01. The third-order valence-electron chi connectivity index (χ3n) is 3.13. The zero-order chi connectivity index (χ0) is 8.44. The molecule has 0 atom stereocenters. The molecular weight excluding hydrogens is 152 g/mol. The maximum atomic E-state index is 11.6. The van der Waals surface area contributed by atoms with Crippen LogP contribution in [0.2, 0.25) is 0 Å². The molecule has 2 aliphatic rings. The number of carbonyl (C=O) groups excluding carboxylic acids is 1. The van der Waals surface area contributed by atoms with Crippen LogP contribution < -0.4 is 0 Å². The molecule has 0 amide bonds. The summed E-state index contributed by atoms with van der Waals surface area (Å²) in [5.41, 5.74) is -0.323. The van der Waals surface area contributed by atoms with Gasteiger partial charge in [0.05, 0.1) is 6.61 Å². The number of carbonyl (C=O) groups is 1. The number of ether oxygens (including phenoxy) is 1. The van der Waals surface area contributed by atoms with Gasteiger partial charge in [-0.3, -0.25) is 4.79 Å². The fourth-order valence-electron chi connectivity index (χ4n) is 2.37. The van der Waals surface area contributed by atoms with Gasteiger partial charge in [-0.1, -0.05) is 25.7 Å². The van der Waals surface area contributed by atoms with Gasteiger partial charge >= 0.3 is 0 Å². The minimum Gasteiger partial charge on any atom is -0.367 e. The van der Waals surface area contributed by atoms with Crippen molar-refractivity contribution < 1.29 is 9.53 Å². The average molecular weight is 168 g/mol. The van der Waals surface area contributed by atoms with Crippen LogP contribution in [-0.4, -0.2) is 18.0 Å². The number of ketones is 1. The van der Waals surface area contributed by atoms with Crippen molar-refractivity contribution in [3.63, 3.8) is 0 Å². The lowest BCUT2D eigenvalue weighted by molar-refractivity contribution is -0.132. The van der Waals surface area contributed by atoms with E-state index in [2.05, 4.69) is 0 Å². The third kappa shape index (κ3) is 1.28. The monoisotopic (exact) mass is 168 g/mol. The maximum Gasteiger partial charge on any atom is 0.166 e. The summed E-state index contributed by atoms with van der Waals surface area (Å²) in [5.74, 6) is 0.365. The number of hydrogen-bond acceptors (Lipinski definition) is 2. The molecule has 0 aromatic carbocycles. The van der Waals surface area contributed by atoms with Crippen LogP contribution in [0.1, 0.15) is 44.9 Å². The fourth-order valence-corrected chi connectivity index (χ4v) is 2.37. The number of Topliss-reactive ketones (excluding diaryl/α,β-unsaturated/α-hetero) is 1. The van der Waals surface area contributed by atoms with Crippen molar-refractivity contribution in [3.05, 3.63) is 0 Å². The Morgan fingerprint density at radius 3 is 2.25 bits per heavy atom. The van der Waals surface area contributed by atoms with Gasteiger partial charge in [0.1, 0.15) is 5.60 Å². The Labute approximate surface area is 73.3 Å². The number of hydrogen-bond donors (Lipinski definition) is 0. The minimum absolute atomic E-state index is 0.323. The molecule has 0 N–H and O–H groups in total. The highest BCUT2D eigenvalue weighted by Gasteiger charge is 2.42. The van der Waals surface area contributed by atoms with Crippen molar-refractivity contribution in [3.8, 4) is 0 Å². The summed E-state index contributed by atoms with van der Waals surface area (Å²) < 4.78 is 5.62. The molecule has 1 aliphatic carbocycles. The van der Waals surface area contributed by atoms with Crippen molar-refractivity contribution in [2.75, 3.05) is 6.61 Å². The van der Waals surface area contributed by atoms with Crippen molar-refractivity contribution in [1.82, 2.24) is 0 Å². The molecule has 0 aromatic rings. The first kappa shape index (κ1) is 8.24. The maximum absolute atomic E-state index is 11.6. The Balaban J connectivity index is 2.11. The number of rotatable bonds is 0. The average Bonchev–Trinajstić information content (AvgIpc) is 2.33. The van der Waals surface area contributed by atoms with Crippen LogP contribution in [0.3, 0.4) is 0 Å². The predicted octanol–water partition coefficient (Wildman–Crippen LogP) is 2.07. The van der Waals surface area contributed by atoms with E-state index in [4.69, 9.17) is 4.74 Å². The molecule has 0 radical (unpaired) electrons. The molecule has 1 aliphatic heterocycles. The van der Waals surface area contributed by atoms with Gasteiger partial charge in [0.25, 0.3) is 0 Å². The molecule has 2 heteroatoms. The molecule has 1 saturated heterocycles. The van der Waals surface area contributed by atoms with Crippen LogP contribution in [-0.2, 0) is 9.53 Å². The van der Waals surface area contributed by atoms with Crippen molar-refractivity contribution in [2.45, 2.75) is 50.5 Å². The second-order valence-corrected chi connectivity index (χ2v) is 3.93. The first-order valence-corrected chi connectivity index (χ1v) is 5.01. The summed E-state index contributed by atoms with van der Waals surface area (Å²) in [6.45, 7) is 0.666. The fraction of sp³-hybridized carbons (Fsp3) is 0.900. The van der Waals surface area contributed by atoms with E-state index in [-0.39, 0.29) is 5.60 Å². The van der Waals surface area contributed by atoms with Crippen LogP contribution in [0, 0.1) is 0 Å². The van der Waals surface area contributed by atoms with Gasteiger partial charge in [-0.2, -0.15) is 0 Å². The largest absolute Gasteiger partial charge is 0.367 e. The third-order valence-corrected chi connectivity index (χ3v) is 3.13. The molecule has 1 spiro atoms. The lowest BCUT2D eigenvalue weighted by atomic mass is 9.90. The second kappa shape index (κ2) is 3.17. The normalized spacial score (nSPS) is 29.2. The molecule has 1 saturated carbocycles. The van der Waals surface area contributed by atoms with E-state index < -0.39 is 0 Å². The molecule has 12 heavy (non-hydrogen) atoms. The summed E-state index contributed by atoms with van der Waals surface area (Å²) in [5, 5.41) is 0. The van der Waals surface area contributed by atoms with Crippen molar-refractivity contribution >= 4 is 5.78 Å². The van der Waals surface area contributed by atoms with E-state index in [0.717, 1.165) is 12.8 Å². The van der Waals surface area contributed by atoms with E-state index in [0.29, 0.717) is 18.8 Å². The van der Waals surface area contributed by atoms with Crippen molar-refractivity contribution in [2.24, 2.45) is 0 Å². The molecule has 2 rings (SSSR count). The van der Waals surface area contributed by atoms with Crippen LogP contribution in [0.15, 0.2) is 0 Å². The van der Waals surface area contributed by atoms with Crippen LogP contribution in [0.5, 0.6) is 0 Å². The van der Waals surface area contributed by atoms with Gasteiger partial charge in [-0.05, 0) is 12.8 Å². The van der Waals surface area contributed by atoms with E-state index in [9.17, 15) is 4.79 Å². The lowest BCUT2D eigenvalue weighted by Gasteiger charge is -2.24. The zero-order valence-corrected chi connectivity index (χ0v) is 7.47. The molecule has 68 valence electrons. The van der Waals surface area contributed by atoms with Gasteiger partial charge in [-0.25, -0.2) is 0 Å². The Bertz CT molecular complexity index is 178. The molecule has 2 nitrogen and oxygen atoms in total. The standard InChI is InChI=1S/C10H16O2/c11-9-5-8-12-10(9)6-3-1-2-4-7-10/h1-8H2. The lowest BCUT2D eigenvalue weighted by Crippen LogP contribution is -2.34. The van der Waals surface area contributed by atoms with E-state index in [1.807, 2.05) is 0 Å². The highest BCUT2D eigenvalue weighted by molar-refractivity contribution is 5.88. The Kier molecular flexibility index (Phi) is 2.18. The van der Waals surface area contributed by atoms with Gasteiger partial charge in [-0.15, -0.1) is 0 Å². The Hall–Kier alpha value is -0.370. The Morgan fingerprint density at radius 2 is 1.75 bits per heavy atom. The molecule has 0 bridgehead atoms. The summed E-state index contributed by atoms with van der Waals surface area (Å²) in [7, 11) is 0. The minimum atomic E-state index is -0.323. The van der Waals surface area contributed by atoms with Gasteiger partial charge in [0, 0.05) is 6.42 Å². The Morgan fingerprint density at radius 1 is 1.08 bits per heavy atom. The van der Waals surface area contributed by atoms with Gasteiger partial charge in [0.15, 0.2) is 5.78 Å². The highest BCUT2D eigenvalue weighted by Crippen LogP contribution is 2.35.